The molecule has 0 atom stereocenters. The molecule has 94 valence electrons. The fourth-order valence-electron chi connectivity index (χ4n) is 3.13. The highest BCUT2D eigenvalue weighted by Gasteiger charge is 2.11. The predicted octanol–water partition coefficient (Wildman–Crippen LogP) is 5.69. The summed E-state index contributed by atoms with van der Waals surface area (Å²) in [4.78, 5) is 3.61. The molecule has 2 heteroatoms. The molecule has 0 bridgehead atoms. The van der Waals surface area contributed by atoms with Crippen molar-refractivity contribution in [2.24, 2.45) is 0 Å². The SMILES string of the molecule is c1ccc2c(c1)[nH]c1c2ccc2sc3ccccc3c21. The quantitative estimate of drug-likeness (QED) is 0.373. The van der Waals surface area contributed by atoms with Gasteiger partial charge in [-0.05, 0) is 18.2 Å². The van der Waals surface area contributed by atoms with E-state index < -0.39 is 0 Å². The normalized spacial score (nSPS) is 12.0. The minimum Gasteiger partial charge on any atom is -0.354 e. The van der Waals surface area contributed by atoms with Crippen LogP contribution in [0.1, 0.15) is 0 Å². The van der Waals surface area contributed by atoms with Crippen LogP contribution in [-0.2, 0) is 0 Å². The molecule has 0 amide bonds. The van der Waals surface area contributed by atoms with Crippen LogP contribution >= 0.6 is 11.3 Å². The molecule has 0 fully saturated rings. The molecule has 0 unspecified atom stereocenters. The van der Waals surface area contributed by atoms with Crippen LogP contribution in [0.2, 0.25) is 0 Å². The summed E-state index contributed by atoms with van der Waals surface area (Å²) in [6.45, 7) is 0. The van der Waals surface area contributed by atoms with Gasteiger partial charge in [0.2, 0.25) is 0 Å². The Balaban J connectivity index is 2.14. The second-order valence-electron chi connectivity index (χ2n) is 5.13. The molecular formula is C18H11NS. The standard InChI is InChI=1S/C18H11NS/c1-3-7-14-11(5-1)12-9-10-16-17(18(12)19-14)13-6-2-4-8-15(13)20-16/h1-10,19H. The van der Waals surface area contributed by atoms with E-state index in [1.165, 1.54) is 42.0 Å². The Morgan fingerprint density at radius 1 is 0.650 bits per heavy atom. The summed E-state index contributed by atoms with van der Waals surface area (Å²) in [5.41, 5.74) is 2.48. The molecule has 0 saturated heterocycles. The summed E-state index contributed by atoms with van der Waals surface area (Å²) in [6, 6.07) is 21.7. The average Bonchev–Trinajstić information content (AvgIpc) is 3.04. The molecule has 0 spiro atoms. The van der Waals surface area contributed by atoms with Gasteiger partial charge >= 0.3 is 0 Å². The van der Waals surface area contributed by atoms with E-state index in [1.54, 1.807) is 0 Å². The zero-order chi connectivity index (χ0) is 13.1. The number of thiophene rings is 1. The summed E-state index contributed by atoms with van der Waals surface area (Å²) < 4.78 is 2.71. The van der Waals surface area contributed by atoms with E-state index in [-0.39, 0.29) is 0 Å². The van der Waals surface area contributed by atoms with Gasteiger partial charge in [0.15, 0.2) is 0 Å². The van der Waals surface area contributed by atoms with E-state index in [9.17, 15) is 0 Å². The number of fused-ring (bicyclic) bond motifs is 7. The fraction of sp³-hybridized carbons (Fsp3) is 0. The van der Waals surface area contributed by atoms with E-state index in [0.717, 1.165) is 0 Å². The summed E-state index contributed by atoms with van der Waals surface area (Å²) in [7, 11) is 0. The molecule has 0 aliphatic rings. The highest BCUT2D eigenvalue weighted by molar-refractivity contribution is 7.26. The fourth-order valence-corrected chi connectivity index (χ4v) is 4.25. The van der Waals surface area contributed by atoms with Crippen molar-refractivity contribution >= 4 is 53.3 Å². The van der Waals surface area contributed by atoms with Crippen LogP contribution in [0, 0.1) is 0 Å². The summed E-state index contributed by atoms with van der Waals surface area (Å²) in [5.74, 6) is 0. The first-order valence-electron chi connectivity index (χ1n) is 6.72. The van der Waals surface area contributed by atoms with E-state index in [2.05, 4.69) is 65.6 Å². The van der Waals surface area contributed by atoms with Gasteiger partial charge in [0.05, 0.1) is 5.52 Å². The van der Waals surface area contributed by atoms with Gasteiger partial charge in [-0.25, -0.2) is 0 Å². The van der Waals surface area contributed by atoms with E-state index >= 15 is 0 Å². The number of benzene rings is 3. The zero-order valence-corrected chi connectivity index (χ0v) is 11.5. The van der Waals surface area contributed by atoms with Crippen molar-refractivity contribution < 1.29 is 0 Å². The van der Waals surface area contributed by atoms with Gasteiger partial charge in [0.25, 0.3) is 0 Å². The lowest BCUT2D eigenvalue weighted by atomic mass is 10.1. The van der Waals surface area contributed by atoms with Crippen LogP contribution in [0.25, 0.3) is 42.0 Å². The van der Waals surface area contributed by atoms with Crippen molar-refractivity contribution in [3.05, 3.63) is 60.7 Å². The van der Waals surface area contributed by atoms with Crippen LogP contribution in [0.5, 0.6) is 0 Å². The Morgan fingerprint density at radius 3 is 2.40 bits per heavy atom. The molecule has 2 aromatic heterocycles. The van der Waals surface area contributed by atoms with Gasteiger partial charge in [0.1, 0.15) is 0 Å². The van der Waals surface area contributed by atoms with Crippen LogP contribution in [0.4, 0.5) is 0 Å². The second kappa shape index (κ2) is 3.62. The monoisotopic (exact) mass is 273 g/mol. The van der Waals surface area contributed by atoms with Gasteiger partial charge in [-0.3, -0.25) is 0 Å². The van der Waals surface area contributed by atoms with E-state index in [1.807, 2.05) is 11.3 Å². The Morgan fingerprint density at radius 2 is 1.45 bits per heavy atom. The number of hydrogen-bond donors (Lipinski definition) is 1. The van der Waals surface area contributed by atoms with Crippen LogP contribution < -0.4 is 0 Å². The Bertz CT molecular complexity index is 1100. The maximum atomic E-state index is 3.61. The van der Waals surface area contributed by atoms with Crippen molar-refractivity contribution in [2.75, 3.05) is 0 Å². The highest BCUT2D eigenvalue weighted by atomic mass is 32.1. The first kappa shape index (κ1) is 10.5. The second-order valence-corrected chi connectivity index (χ2v) is 6.21. The number of hydrogen-bond acceptors (Lipinski definition) is 1. The molecule has 1 nitrogen and oxygen atoms in total. The zero-order valence-electron chi connectivity index (χ0n) is 10.7. The topological polar surface area (TPSA) is 15.8 Å². The van der Waals surface area contributed by atoms with Crippen LogP contribution in [0.15, 0.2) is 60.7 Å². The molecule has 5 aromatic rings. The third-order valence-corrected chi connectivity index (χ3v) is 5.16. The first-order valence-corrected chi connectivity index (χ1v) is 7.54. The van der Waals surface area contributed by atoms with E-state index in [0.29, 0.717) is 0 Å². The molecular weight excluding hydrogens is 262 g/mol. The molecule has 20 heavy (non-hydrogen) atoms. The number of rotatable bonds is 0. The minimum atomic E-state index is 1.21. The van der Waals surface area contributed by atoms with Crippen molar-refractivity contribution in [1.82, 2.24) is 4.98 Å². The largest absolute Gasteiger partial charge is 0.354 e. The molecule has 5 rings (SSSR count). The first-order chi connectivity index (χ1) is 9.92. The number of para-hydroxylation sites is 1. The molecule has 2 heterocycles. The van der Waals surface area contributed by atoms with Gasteiger partial charge < -0.3 is 4.98 Å². The predicted molar refractivity (Wildman–Crippen MR) is 88.7 cm³/mol. The van der Waals surface area contributed by atoms with E-state index in [4.69, 9.17) is 0 Å². The molecule has 0 saturated carbocycles. The summed E-state index contributed by atoms with van der Waals surface area (Å²) in [5, 5.41) is 5.33. The Labute approximate surface area is 119 Å². The van der Waals surface area contributed by atoms with Gasteiger partial charge in [-0.2, -0.15) is 0 Å². The molecule has 0 aliphatic heterocycles. The number of aromatic nitrogens is 1. The van der Waals surface area contributed by atoms with Gasteiger partial charge in [0, 0.05) is 36.5 Å². The van der Waals surface area contributed by atoms with Crippen molar-refractivity contribution in [3.63, 3.8) is 0 Å². The molecule has 0 radical (unpaired) electrons. The smallest absolute Gasteiger partial charge is 0.0559 e. The maximum absolute atomic E-state index is 3.61. The molecule has 1 N–H and O–H groups in total. The number of aromatic amines is 1. The third kappa shape index (κ3) is 1.22. The van der Waals surface area contributed by atoms with Crippen LogP contribution in [0.3, 0.4) is 0 Å². The maximum Gasteiger partial charge on any atom is 0.0559 e. The Hall–Kier alpha value is -2.32. The van der Waals surface area contributed by atoms with Crippen molar-refractivity contribution in [2.45, 2.75) is 0 Å². The van der Waals surface area contributed by atoms with Crippen molar-refractivity contribution in [3.8, 4) is 0 Å². The number of nitrogens with one attached hydrogen (secondary N) is 1. The Kier molecular flexibility index (Phi) is 1.89. The van der Waals surface area contributed by atoms with Crippen LogP contribution in [-0.4, -0.2) is 4.98 Å². The highest BCUT2D eigenvalue weighted by Crippen LogP contribution is 2.39. The minimum absolute atomic E-state index is 1.21. The summed E-state index contributed by atoms with van der Waals surface area (Å²) in [6.07, 6.45) is 0. The molecule has 3 aromatic carbocycles. The third-order valence-electron chi connectivity index (χ3n) is 4.02. The lowest BCUT2D eigenvalue weighted by Crippen LogP contribution is -1.70. The van der Waals surface area contributed by atoms with Gasteiger partial charge in [-0.1, -0.05) is 42.5 Å². The lowest BCUT2D eigenvalue weighted by Gasteiger charge is -1.95. The number of H-pyrrole nitrogens is 1. The average molecular weight is 273 g/mol. The van der Waals surface area contributed by atoms with Gasteiger partial charge in [-0.15, -0.1) is 11.3 Å². The lowest BCUT2D eigenvalue weighted by molar-refractivity contribution is 1.57. The summed E-state index contributed by atoms with van der Waals surface area (Å²) >= 11 is 1.87. The molecule has 0 aliphatic carbocycles. The van der Waals surface area contributed by atoms with Crippen molar-refractivity contribution in [1.29, 1.82) is 0 Å².